The molecule has 0 saturated heterocycles. The molecule has 1 aromatic rings. The lowest BCUT2D eigenvalue weighted by Crippen LogP contribution is -2.21. The number of rotatable bonds is 6. The molecule has 106 valence electrons. The van der Waals surface area contributed by atoms with Crippen molar-refractivity contribution in [1.82, 2.24) is 0 Å². The number of hydrogen-bond acceptors (Lipinski definition) is 4. The van der Waals surface area contributed by atoms with Crippen molar-refractivity contribution < 1.29 is 31.8 Å². The molecular weight excluding hydrogens is 284 g/mol. The molecule has 2 N–H and O–H groups in total. The van der Waals surface area contributed by atoms with Gasteiger partial charge in [0, 0.05) is 7.11 Å². The second kappa shape index (κ2) is 5.93. The first-order chi connectivity index (χ1) is 8.78. The number of carbonyl (C=O) groups is 1. The lowest BCUT2D eigenvalue weighted by Gasteiger charge is -2.10. The Morgan fingerprint density at radius 3 is 2.58 bits per heavy atom. The molecule has 0 bridgehead atoms. The van der Waals surface area contributed by atoms with E-state index in [0.29, 0.717) is 6.07 Å². The van der Waals surface area contributed by atoms with Crippen molar-refractivity contribution in [1.29, 1.82) is 0 Å². The van der Waals surface area contributed by atoms with Crippen LogP contribution in [0.1, 0.15) is 10.4 Å². The predicted octanol–water partition coefficient (Wildman–Crippen LogP) is 1.05. The molecule has 0 unspecified atom stereocenters. The van der Waals surface area contributed by atoms with Crippen LogP contribution < -0.4 is 4.72 Å². The number of nitrogens with one attached hydrogen (secondary N) is 1. The Kier molecular flexibility index (Phi) is 4.78. The molecule has 0 saturated carbocycles. The van der Waals surface area contributed by atoms with Gasteiger partial charge in [0.15, 0.2) is 5.82 Å². The maximum atomic E-state index is 13.7. The van der Waals surface area contributed by atoms with Crippen molar-refractivity contribution in [3.05, 3.63) is 29.3 Å². The average molecular weight is 295 g/mol. The minimum Gasteiger partial charge on any atom is -0.477 e. The molecule has 1 rings (SSSR count). The monoisotopic (exact) mass is 295 g/mol. The van der Waals surface area contributed by atoms with E-state index in [1.165, 1.54) is 7.11 Å². The zero-order chi connectivity index (χ0) is 14.6. The van der Waals surface area contributed by atoms with Gasteiger partial charge in [-0.3, -0.25) is 4.72 Å². The van der Waals surface area contributed by atoms with E-state index in [0.717, 1.165) is 6.07 Å². The second-order valence-corrected chi connectivity index (χ2v) is 5.34. The fraction of sp³-hybridized carbons (Fsp3) is 0.300. The van der Waals surface area contributed by atoms with Crippen LogP contribution in [-0.2, 0) is 14.8 Å². The minimum absolute atomic E-state index is 0.121. The molecule has 19 heavy (non-hydrogen) atoms. The van der Waals surface area contributed by atoms with Crippen LogP contribution in [0.3, 0.4) is 0 Å². The van der Waals surface area contributed by atoms with E-state index in [1.54, 1.807) is 0 Å². The van der Waals surface area contributed by atoms with Crippen molar-refractivity contribution in [2.75, 3.05) is 24.2 Å². The summed E-state index contributed by atoms with van der Waals surface area (Å²) in [5, 5.41) is 8.63. The minimum atomic E-state index is -3.90. The van der Waals surface area contributed by atoms with E-state index in [2.05, 4.69) is 4.74 Å². The first kappa shape index (κ1) is 15.3. The summed E-state index contributed by atoms with van der Waals surface area (Å²) in [7, 11) is -2.62. The highest BCUT2D eigenvalue weighted by Crippen LogP contribution is 2.22. The first-order valence-corrected chi connectivity index (χ1v) is 6.64. The Hall–Kier alpha value is -1.74. The highest BCUT2D eigenvalue weighted by molar-refractivity contribution is 7.92. The molecule has 1 aromatic carbocycles. The summed E-state index contributed by atoms with van der Waals surface area (Å²) in [5.74, 6) is -5.03. The number of methoxy groups -OCH3 is 1. The third-order valence-corrected chi connectivity index (χ3v) is 3.36. The molecule has 0 radical (unpaired) electrons. The molecule has 0 aliphatic rings. The number of hydrogen-bond donors (Lipinski definition) is 2. The molecule has 0 atom stereocenters. The van der Waals surface area contributed by atoms with Crippen LogP contribution in [-0.4, -0.2) is 39.0 Å². The Balaban J connectivity index is 3.10. The van der Waals surface area contributed by atoms with E-state index < -0.39 is 44.6 Å². The zero-order valence-corrected chi connectivity index (χ0v) is 10.6. The van der Waals surface area contributed by atoms with Crippen molar-refractivity contribution in [2.24, 2.45) is 0 Å². The van der Waals surface area contributed by atoms with Crippen molar-refractivity contribution in [3.8, 4) is 0 Å². The number of carboxylic acids is 1. The second-order valence-electron chi connectivity index (χ2n) is 3.50. The van der Waals surface area contributed by atoms with Crippen LogP contribution >= 0.6 is 0 Å². The number of ether oxygens (including phenoxy) is 1. The van der Waals surface area contributed by atoms with E-state index in [-0.39, 0.29) is 6.61 Å². The van der Waals surface area contributed by atoms with Crippen LogP contribution in [0.5, 0.6) is 0 Å². The quantitative estimate of drug-likeness (QED) is 0.818. The third-order valence-electron chi connectivity index (χ3n) is 2.13. The van der Waals surface area contributed by atoms with Crippen molar-refractivity contribution in [2.45, 2.75) is 0 Å². The number of sulfonamides is 1. The first-order valence-electron chi connectivity index (χ1n) is 4.99. The Labute approximate surface area is 108 Å². The molecule has 0 heterocycles. The number of halogens is 2. The number of benzene rings is 1. The summed E-state index contributed by atoms with van der Waals surface area (Å²) in [6.07, 6.45) is 0. The molecule has 0 fully saturated rings. The van der Waals surface area contributed by atoms with Gasteiger partial charge in [-0.1, -0.05) is 0 Å². The fourth-order valence-electron chi connectivity index (χ4n) is 1.24. The predicted molar refractivity (Wildman–Crippen MR) is 62.6 cm³/mol. The van der Waals surface area contributed by atoms with Gasteiger partial charge in [-0.05, 0) is 12.1 Å². The molecule has 9 heteroatoms. The van der Waals surface area contributed by atoms with Gasteiger partial charge < -0.3 is 9.84 Å². The normalized spacial score (nSPS) is 11.3. The van der Waals surface area contributed by atoms with Gasteiger partial charge in [-0.25, -0.2) is 22.0 Å². The van der Waals surface area contributed by atoms with E-state index in [9.17, 15) is 22.0 Å². The summed E-state index contributed by atoms with van der Waals surface area (Å²) < 4.78 is 56.1. The third kappa shape index (κ3) is 3.86. The highest BCUT2D eigenvalue weighted by atomic mass is 32.2. The van der Waals surface area contributed by atoms with Crippen LogP contribution in [0.4, 0.5) is 14.5 Å². The van der Waals surface area contributed by atoms with Gasteiger partial charge in [0.2, 0.25) is 10.0 Å². The molecule has 0 aromatic heterocycles. The topological polar surface area (TPSA) is 92.7 Å². The summed E-state index contributed by atoms with van der Waals surface area (Å²) in [6.45, 7) is -0.121. The molecule has 0 amide bonds. The number of anilines is 1. The summed E-state index contributed by atoms with van der Waals surface area (Å²) in [5.41, 5.74) is -1.85. The smallest absolute Gasteiger partial charge is 0.341 e. The van der Waals surface area contributed by atoms with Crippen LogP contribution in [0, 0.1) is 11.6 Å². The zero-order valence-electron chi connectivity index (χ0n) is 9.81. The maximum Gasteiger partial charge on any atom is 0.341 e. The maximum absolute atomic E-state index is 13.7. The Morgan fingerprint density at radius 2 is 2.05 bits per heavy atom. The van der Waals surface area contributed by atoms with Crippen LogP contribution in [0.2, 0.25) is 0 Å². The van der Waals surface area contributed by atoms with E-state index >= 15 is 0 Å². The van der Waals surface area contributed by atoms with E-state index in [4.69, 9.17) is 5.11 Å². The summed E-state index contributed by atoms with van der Waals surface area (Å²) in [6, 6.07) is 1.47. The van der Waals surface area contributed by atoms with Gasteiger partial charge in [0.25, 0.3) is 0 Å². The fourth-order valence-corrected chi connectivity index (χ4v) is 2.22. The molecule has 0 aliphatic heterocycles. The Morgan fingerprint density at radius 1 is 1.42 bits per heavy atom. The largest absolute Gasteiger partial charge is 0.477 e. The number of carboxylic acid groups (broad SMARTS) is 1. The van der Waals surface area contributed by atoms with Gasteiger partial charge in [0.05, 0.1) is 18.0 Å². The SMILES string of the molecule is COCCS(=O)(=O)Nc1ccc(F)c(C(=O)O)c1F. The molecular formula is C10H11F2NO5S. The van der Waals surface area contributed by atoms with Crippen LogP contribution in [0.15, 0.2) is 12.1 Å². The molecule has 6 nitrogen and oxygen atoms in total. The summed E-state index contributed by atoms with van der Waals surface area (Å²) in [4.78, 5) is 10.7. The molecule has 0 spiro atoms. The summed E-state index contributed by atoms with van der Waals surface area (Å²) >= 11 is 0. The van der Waals surface area contributed by atoms with Crippen molar-refractivity contribution >= 4 is 21.7 Å². The van der Waals surface area contributed by atoms with Crippen LogP contribution in [0.25, 0.3) is 0 Å². The van der Waals surface area contributed by atoms with E-state index in [1.807, 2.05) is 4.72 Å². The average Bonchev–Trinajstić information content (AvgIpc) is 2.30. The standard InChI is InChI=1S/C10H11F2NO5S/c1-18-4-5-19(16,17)13-7-3-2-6(11)8(9(7)12)10(14)15/h2-3,13H,4-5H2,1H3,(H,14,15). The Bertz CT molecular complexity index is 588. The van der Waals surface area contributed by atoms with Gasteiger partial charge in [0.1, 0.15) is 11.4 Å². The lowest BCUT2D eigenvalue weighted by molar-refractivity contribution is 0.0686. The van der Waals surface area contributed by atoms with Gasteiger partial charge in [-0.15, -0.1) is 0 Å². The number of aromatic carboxylic acids is 1. The van der Waals surface area contributed by atoms with Crippen molar-refractivity contribution in [3.63, 3.8) is 0 Å². The molecule has 0 aliphatic carbocycles. The van der Waals surface area contributed by atoms with Gasteiger partial charge in [-0.2, -0.15) is 0 Å². The lowest BCUT2D eigenvalue weighted by atomic mass is 10.2. The van der Waals surface area contributed by atoms with Gasteiger partial charge >= 0.3 is 5.97 Å². The highest BCUT2D eigenvalue weighted by Gasteiger charge is 2.22.